The van der Waals surface area contributed by atoms with Gasteiger partial charge in [-0.1, -0.05) is 19.1 Å². The maximum atomic E-state index is 9.58. The molecule has 0 radical (unpaired) electrons. The van der Waals surface area contributed by atoms with Gasteiger partial charge in [0.05, 0.1) is 12.2 Å². The van der Waals surface area contributed by atoms with Crippen LogP contribution in [0.15, 0.2) is 18.2 Å². The third kappa shape index (κ3) is 3.51. The number of hydrogen-bond acceptors (Lipinski definition) is 3. The van der Waals surface area contributed by atoms with E-state index in [-0.39, 0.29) is 6.61 Å². The molecule has 1 rings (SSSR count). The minimum absolute atomic E-state index is 0.264. The summed E-state index contributed by atoms with van der Waals surface area (Å²) < 4.78 is 5.52. The van der Waals surface area contributed by atoms with Crippen molar-refractivity contribution in [3.05, 3.63) is 29.3 Å². The molecule has 0 fully saturated rings. The van der Waals surface area contributed by atoms with Gasteiger partial charge >= 0.3 is 0 Å². The monoisotopic (exact) mass is 224 g/mol. The van der Waals surface area contributed by atoms with Crippen LogP contribution in [-0.2, 0) is 0 Å². The zero-order valence-electron chi connectivity index (χ0n) is 10.1. The van der Waals surface area contributed by atoms with Crippen molar-refractivity contribution < 1.29 is 14.9 Å². The molecular formula is C13H20O3. The van der Waals surface area contributed by atoms with Crippen molar-refractivity contribution >= 4 is 0 Å². The smallest absolute Gasteiger partial charge is 0.125 e. The third-order valence-electron chi connectivity index (χ3n) is 2.52. The summed E-state index contributed by atoms with van der Waals surface area (Å²) >= 11 is 0. The van der Waals surface area contributed by atoms with Crippen molar-refractivity contribution in [1.29, 1.82) is 0 Å². The molecule has 0 aliphatic rings. The highest BCUT2D eigenvalue weighted by atomic mass is 16.5. The van der Waals surface area contributed by atoms with Gasteiger partial charge in [-0.25, -0.2) is 0 Å². The summed E-state index contributed by atoms with van der Waals surface area (Å²) in [5, 5.41) is 19.0. The zero-order valence-corrected chi connectivity index (χ0v) is 10.1. The van der Waals surface area contributed by atoms with E-state index in [1.54, 1.807) is 6.92 Å². The second-order valence-electron chi connectivity index (χ2n) is 4.09. The molecule has 1 aromatic carbocycles. The largest absolute Gasteiger partial charge is 0.490 e. The summed E-state index contributed by atoms with van der Waals surface area (Å²) in [5.41, 5.74) is 1.83. The normalized spacial score (nSPS) is 14.6. The topological polar surface area (TPSA) is 49.7 Å². The Morgan fingerprint density at radius 1 is 1.31 bits per heavy atom. The lowest BCUT2D eigenvalue weighted by Crippen LogP contribution is -2.17. The van der Waals surface area contributed by atoms with Crippen LogP contribution in [0.2, 0.25) is 0 Å². The molecular weight excluding hydrogens is 204 g/mol. The molecule has 1 aromatic rings. The van der Waals surface area contributed by atoms with Gasteiger partial charge in [0.1, 0.15) is 12.4 Å². The maximum absolute atomic E-state index is 9.58. The molecule has 0 aliphatic heterocycles. The van der Waals surface area contributed by atoms with Crippen LogP contribution in [0.4, 0.5) is 0 Å². The van der Waals surface area contributed by atoms with Crippen LogP contribution < -0.4 is 4.74 Å². The van der Waals surface area contributed by atoms with Crippen LogP contribution in [0.3, 0.4) is 0 Å². The number of aliphatic hydroxyl groups is 2. The van der Waals surface area contributed by atoms with Crippen molar-refractivity contribution in [3.8, 4) is 5.75 Å². The van der Waals surface area contributed by atoms with Crippen LogP contribution in [-0.4, -0.2) is 22.9 Å². The number of aryl methyl sites for hydroxylation is 1. The minimum Gasteiger partial charge on any atom is -0.490 e. The number of hydrogen-bond donors (Lipinski definition) is 2. The predicted octanol–water partition coefficient (Wildman–Crippen LogP) is 2.20. The molecule has 0 heterocycles. The van der Waals surface area contributed by atoms with Crippen LogP contribution >= 0.6 is 0 Å². The molecule has 0 aliphatic carbocycles. The molecule has 0 amide bonds. The highest BCUT2D eigenvalue weighted by Gasteiger charge is 2.10. The lowest BCUT2D eigenvalue weighted by molar-refractivity contribution is 0.101. The van der Waals surface area contributed by atoms with Crippen LogP contribution in [0, 0.1) is 6.92 Å². The molecule has 0 saturated heterocycles. The van der Waals surface area contributed by atoms with Gasteiger partial charge in [-0.15, -0.1) is 0 Å². The van der Waals surface area contributed by atoms with Crippen molar-refractivity contribution in [2.45, 2.75) is 39.4 Å². The van der Waals surface area contributed by atoms with Gasteiger partial charge in [-0.2, -0.15) is 0 Å². The van der Waals surface area contributed by atoms with Crippen molar-refractivity contribution in [2.75, 3.05) is 6.61 Å². The molecule has 0 saturated carbocycles. The number of benzene rings is 1. The zero-order chi connectivity index (χ0) is 12.1. The van der Waals surface area contributed by atoms with E-state index in [2.05, 4.69) is 0 Å². The molecule has 0 bridgehead atoms. The average Bonchev–Trinajstić information content (AvgIpc) is 2.25. The van der Waals surface area contributed by atoms with E-state index in [1.807, 2.05) is 32.0 Å². The predicted molar refractivity (Wildman–Crippen MR) is 63.6 cm³/mol. The van der Waals surface area contributed by atoms with Crippen LogP contribution in [0.25, 0.3) is 0 Å². The van der Waals surface area contributed by atoms with Gasteiger partial charge in [0, 0.05) is 5.56 Å². The number of rotatable bonds is 5. The second-order valence-corrected chi connectivity index (χ2v) is 4.09. The Bertz CT molecular complexity index is 334. The maximum Gasteiger partial charge on any atom is 0.125 e. The number of ether oxygens (including phenoxy) is 1. The summed E-state index contributed by atoms with van der Waals surface area (Å²) in [7, 11) is 0. The van der Waals surface area contributed by atoms with Crippen LogP contribution in [0.1, 0.15) is 37.5 Å². The van der Waals surface area contributed by atoms with Gasteiger partial charge in [0.25, 0.3) is 0 Å². The second kappa shape index (κ2) is 5.87. The lowest BCUT2D eigenvalue weighted by atomic mass is 10.1. The fourth-order valence-corrected chi connectivity index (χ4v) is 1.42. The quantitative estimate of drug-likeness (QED) is 0.806. The summed E-state index contributed by atoms with van der Waals surface area (Å²) in [6.45, 7) is 5.84. The Balaban J connectivity index is 2.80. The summed E-state index contributed by atoms with van der Waals surface area (Å²) in [6.07, 6.45) is -0.354. The van der Waals surface area contributed by atoms with Crippen molar-refractivity contribution in [1.82, 2.24) is 0 Å². The average molecular weight is 224 g/mol. The summed E-state index contributed by atoms with van der Waals surface area (Å²) in [6, 6.07) is 5.67. The molecule has 16 heavy (non-hydrogen) atoms. The van der Waals surface area contributed by atoms with E-state index in [0.717, 1.165) is 11.1 Å². The Labute approximate surface area is 96.7 Å². The first-order chi connectivity index (χ1) is 7.54. The fraction of sp³-hybridized carbons (Fsp3) is 0.538. The molecule has 0 spiro atoms. The first-order valence-electron chi connectivity index (χ1n) is 5.64. The van der Waals surface area contributed by atoms with Crippen molar-refractivity contribution in [2.24, 2.45) is 0 Å². The van der Waals surface area contributed by atoms with Gasteiger partial charge in [-0.05, 0) is 31.9 Å². The van der Waals surface area contributed by atoms with Gasteiger partial charge in [-0.3, -0.25) is 0 Å². The van der Waals surface area contributed by atoms with Gasteiger partial charge < -0.3 is 14.9 Å². The standard InChI is InChI=1S/C13H20O3/c1-4-11(15)8-16-13-7-9(2)5-6-12(13)10(3)14/h5-7,10-11,14-15H,4,8H2,1-3H3/t10-,11?/m0/s1. The highest BCUT2D eigenvalue weighted by molar-refractivity contribution is 5.38. The third-order valence-corrected chi connectivity index (χ3v) is 2.52. The van der Waals surface area contributed by atoms with Gasteiger partial charge in [0.2, 0.25) is 0 Å². The number of aliphatic hydroxyl groups excluding tert-OH is 2. The van der Waals surface area contributed by atoms with E-state index in [9.17, 15) is 10.2 Å². The molecule has 0 aromatic heterocycles. The SMILES string of the molecule is CCC(O)COc1cc(C)ccc1[C@H](C)O. The van der Waals surface area contributed by atoms with Crippen molar-refractivity contribution in [3.63, 3.8) is 0 Å². The van der Waals surface area contributed by atoms with Gasteiger partial charge in [0.15, 0.2) is 0 Å². The Morgan fingerprint density at radius 2 is 2.00 bits per heavy atom. The molecule has 3 nitrogen and oxygen atoms in total. The van der Waals surface area contributed by atoms with E-state index in [4.69, 9.17) is 4.74 Å². The summed E-state index contributed by atoms with van der Waals surface area (Å²) in [4.78, 5) is 0. The Hall–Kier alpha value is -1.06. The first-order valence-corrected chi connectivity index (χ1v) is 5.64. The Kier molecular flexibility index (Phi) is 4.77. The summed E-state index contributed by atoms with van der Waals surface area (Å²) in [5.74, 6) is 0.655. The minimum atomic E-state index is -0.561. The van der Waals surface area contributed by atoms with E-state index >= 15 is 0 Å². The molecule has 1 unspecified atom stereocenters. The lowest BCUT2D eigenvalue weighted by Gasteiger charge is -2.16. The van der Waals surface area contributed by atoms with E-state index in [1.165, 1.54) is 0 Å². The molecule has 90 valence electrons. The Morgan fingerprint density at radius 3 is 2.56 bits per heavy atom. The molecule has 2 atom stereocenters. The first kappa shape index (κ1) is 13.0. The van der Waals surface area contributed by atoms with E-state index < -0.39 is 12.2 Å². The van der Waals surface area contributed by atoms with E-state index in [0.29, 0.717) is 12.2 Å². The molecule has 3 heteroatoms. The molecule has 2 N–H and O–H groups in total. The fourth-order valence-electron chi connectivity index (χ4n) is 1.42. The highest BCUT2D eigenvalue weighted by Crippen LogP contribution is 2.26. The van der Waals surface area contributed by atoms with Crippen LogP contribution in [0.5, 0.6) is 5.75 Å².